The first-order chi connectivity index (χ1) is 12.8. The average molecular weight is 390 g/mol. The van der Waals surface area contributed by atoms with Crippen molar-refractivity contribution in [3.05, 3.63) is 11.8 Å². The first-order valence-electron chi connectivity index (χ1n) is 8.88. The van der Waals surface area contributed by atoms with Crippen LogP contribution in [0.4, 0.5) is 0 Å². The molecule has 1 saturated carbocycles. The van der Waals surface area contributed by atoms with Gasteiger partial charge < -0.3 is 44.5 Å². The summed E-state index contributed by atoms with van der Waals surface area (Å²) in [5.74, 6) is -1.63. The van der Waals surface area contributed by atoms with Crippen molar-refractivity contribution in [3.63, 3.8) is 0 Å². The molecular weight excluding hydrogens is 364 g/mol. The summed E-state index contributed by atoms with van der Waals surface area (Å²) >= 11 is 0. The van der Waals surface area contributed by atoms with Gasteiger partial charge in [-0.2, -0.15) is 0 Å². The van der Waals surface area contributed by atoms with Crippen LogP contribution in [0, 0.1) is 17.8 Å². The Morgan fingerprint density at radius 3 is 2.52 bits per heavy atom. The van der Waals surface area contributed by atoms with Crippen molar-refractivity contribution < 1.29 is 49.3 Å². The molecule has 2 heterocycles. The molecule has 0 bridgehead atoms. The van der Waals surface area contributed by atoms with Crippen LogP contribution in [0.5, 0.6) is 0 Å². The van der Waals surface area contributed by atoms with Crippen LogP contribution in [0.1, 0.15) is 13.3 Å². The highest BCUT2D eigenvalue weighted by Crippen LogP contribution is 2.47. The number of carbonyl (C=O) groups excluding carboxylic acids is 1. The van der Waals surface area contributed by atoms with Gasteiger partial charge >= 0.3 is 5.97 Å². The largest absolute Gasteiger partial charge is 0.472 e. The Morgan fingerprint density at radius 2 is 1.89 bits per heavy atom. The van der Waals surface area contributed by atoms with Crippen molar-refractivity contribution in [1.29, 1.82) is 0 Å². The zero-order valence-corrected chi connectivity index (χ0v) is 15.0. The number of methoxy groups -OCH3 is 1. The minimum atomic E-state index is -1.58. The van der Waals surface area contributed by atoms with Crippen LogP contribution < -0.4 is 0 Å². The van der Waals surface area contributed by atoms with E-state index >= 15 is 0 Å². The maximum absolute atomic E-state index is 12.0. The van der Waals surface area contributed by atoms with Gasteiger partial charge in [-0.05, 0) is 12.3 Å². The monoisotopic (exact) mass is 390 g/mol. The topological polar surface area (TPSA) is 155 Å². The molecule has 10 nitrogen and oxygen atoms in total. The predicted molar refractivity (Wildman–Crippen MR) is 86.6 cm³/mol. The standard InChI is InChI=1S/C17H26O10/c1-6-9(19)3-7-8(15(23)24-2)5-25-16(11(6)7)27-17-14(22)13(21)12(20)10(4-18)26-17/h5-7,9-14,16-22H,3-4H2,1-2H3/t6-,7+,9+,10+,11-,12-,13-,14-,16+,17-/m1/s1. The van der Waals surface area contributed by atoms with Gasteiger partial charge in [0.2, 0.25) is 6.29 Å². The Morgan fingerprint density at radius 1 is 1.19 bits per heavy atom. The van der Waals surface area contributed by atoms with E-state index < -0.39 is 61.6 Å². The van der Waals surface area contributed by atoms with Crippen LogP contribution in [-0.4, -0.2) is 88.3 Å². The van der Waals surface area contributed by atoms with Crippen LogP contribution in [0.3, 0.4) is 0 Å². The molecule has 5 N–H and O–H groups in total. The molecule has 3 aliphatic rings. The minimum Gasteiger partial charge on any atom is -0.472 e. The lowest BCUT2D eigenvalue weighted by atomic mass is 9.83. The van der Waals surface area contributed by atoms with Crippen molar-refractivity contribution in [2.24, 2.45) is 17.8 Å². The van der Waals surface area contributed by atoms with Crippen molar-refractivity contribution >= 4 is 5.97 Å². The zero-order valence-electron chi connectivity index (χ0n) is 15.0. The number of hydrogen-bond donors (Lipinski definition) is 5. The molecule has 1 saturated heterocycles. The zero-order chi connectivity index (χ0) is 19.9. The summed E-state index contributed by atoms with van der Waals surface area (Å²) in [6.07, 6.45) is -7.25. The Kier molecular flexibility index (Phi) is 6.06. The number of hydrogen-bond acceptors (Lipinski definition) is 10. The van der Waals surface area contributed by atoms with Gasteiger partial charge in [-0.25, -0.2) is 4.79 Å². The van der Waals surface area contributed by atoms with Crippen molar-refractivity contribution in [3.8, 4) is 0 Å². The number of carbonyl (C=O) groups is 1. The van der Waals surface area contributed by atoms with E-state index in [0.717, 1.165) is 0 Å². The van der Waals surface area contributed by atoms with Gasteiger partial charge in [-0.15, -0.1) is 0 Å². The molecule has 0 aromatic carbocycles. The van der Waals surface area contributed by atoms with Gasteiger partial charge in [-0.3, -0.25) is 0 Å². The minimum absolute atomic E-state index is 0.279. The molecule has 0 radical (unpaired) electrons. The number of fused-ring (bicyclic) bond motifs is 1. The Labute approximate surface area is 155 Å². The number of aliphatic hydroxyl groups is 5. The third-order valence-corrected chi connectivity index (χ3v) is 5.75. The smallest absolute Gasteiger partial charge is 0.337 e. The van der Waals surface area contributed by atoms with E-state index in [1.807, 2.05) is 0 Å². The molecule has 1 aliphatic carbocycles. The van der Waals surface area contributed by atoms with E-state index in [1.54, 1.807) is 6.92 Å². The first-order valence-corrected chi connectivity index (χ1v) is 8.88. The predicted octanol–water partition coefficient (Wildman–Crippen LogP) is -2.15. The van der Waals surface area contributed by atoms with Crippen molar-refractivity contribution in [1.82, 2.24) is 0 Å². The molecule has 27 heavy (non-hydrogen) atoms. The fourth-order valence-electron chi connectivity index (χ4n) is 4.10. The lowest BCUT2D eigenvalue weighted by Crippen LogP contribution is -2.60. The van der Waals surface area contributed by atoms with E-state index in [-0.39, 0.29) is 11.8 Å². The highest BCUT2D eigenvalue weighted by atomic mass is 16.8. The number of rotatable bonds is 4. The van der Waals surface area contributed by atoms with Crippen molar-refractivity contribution in [2.75, 3.05) is 13.7 Å². The highest BCUT2D eigenvalue weighted by molar-refractivity contribution is 5.89. The lowest BCUT2D eigenvalue weighted by Gasteiger charge is -2.43. The molecule has 2 fully saturated rings. The van der Waals surface area contributed by atoms with Gasteiger partial charge in [0.25, 0.3) is 0 Å². The van der Waals surface area contributed by atoms with E-state index in [9.17, 15) is 30.3 Å². The fraction of sp³-hybridized carbons (Fsp3) is 0.824. The number of aliphatic hydroxyl groups excluding tert-OH is 5. The van der Waals surface area contributed by atoms with Crippen LogP contribution in [-0.2, 0) is 23.7 Å². The van der Waals surface area contributed by atoms with E-state index in [1.165, 1.54) is 13.4 Å². The van der Waals surface area contributed by atoms with Gasteiger partial charge in [-0.1, -0.05) is 6.92 Å². The Balaban J connectivity index is 1.80. The van der Waals surface area contributed by atoms with Gasteiger partial charge in [0.15, 0.2) is 6.29 Å². The van der Waals surface area contributed by atoms with E-state index in [2.05, 4.69) is 0 Å². The van der Waals surface area contributed by atoms with E-state index in [4.69, 9.17) is 18.9 Å². The molecule has 10 heteroatoms. The molecular formula is C17H26O10. The second-order valence-electron chi connectivity index (χ2n) is 7.25. The summed E-state index contributed by atoms with van der Waals surface area (Å²) in [7, 11) is 1.25. The van der Waals surface area contributed by atoms with Crippen LogP contribution in [0.2, 0.25) is 0 Å². The molecule has 0 spiro atoms. The van der Waals surface area contributed by atoms with Crippen molar-refractivity contribution in [2.45, 2.75) is 56.4 Å². The maximum Gasteiger partial charge on any atom is 0.337 e. The Hall–Kier alpha value is -1.27. The molecule has 0 aromatic heterocycles. The second-order valence-corrected chi connectivity index (χ2v) is 7.25. The molecule has 0 aromatic rings. The molecule has 3 rings (SSSR count). The molecule has 0 amide bonds. The molecule has 10 atom stereocenters. The van der Waals surface area contributed by atoms with Crippen LogP contribution in [0.25, 0.3) is 0 Å². The third-order valence-electron chi connectivity index (χ3n) is 5.75. The fourth-order valence-corrected chi connectivity index (χ4v) is 4.10. The summed E-state index contributed by atoms with van der Waals surface area (Å²) in [5.41, 5.74) is 0.291. The summed E-state index contributed by atoms with van der Waals surface area (Å²) in [6.45, 7) is 1.21. The summed E-state index contributed by atoms with van der Waals surface area (Å²) < 4.78 is 21.4. The second kappa shape index (κ2) is 8.00. The van der Waals surface area contributed by atoms with Crippen LogP contribution in [0.15, 0.2) is 11.8 Å². The number of ether oxygens (including phenoxy) is 4. The van der Waals surface area contributed by atoms with Gasteiger partial charge in [0, 0.05) is 11.8 Å². The van der Waals surface area contributed by atoms with Gasteiger partial charge in [0.05, 0.1) is 31.7 Å². The summed E-state index contributed by atoms with van der Waals surface area (Å²) in [6, 6.07) is 0. The Bertz CT molecular complexity index is 578. The molecule has 0 unspecified atom stereocenters. The summed E-state index contributed by atoms with van der Waals surface area (Å²) in [4.78, 5) is 12.0. The molecule has 154 valence electrons. The molecule has 2 aliphatic heterocycles. The lowest BCUT2D eigenvalue weighted by molar-refractivity contribution is -0.342. The summed E-state index contributed by atoms with van der Waals surface area (Å²) in [5, 5.41) is 49.4. The average Bonchev–Trinajstić information content (AvgIpc) is 2.96. The maximum atomic E-state index is 12.0. The SMILES string of the molecule is COC(=O)C1=CO[C@@H](O[C@H]2O[C@@H](CO)[C@@H](O)[C@@H](O)[C@H]2O)[C@@H]2[C@H](C)[C@@H](O)C[C@@H]12. The van der Waals surface area contributed by atoms with Crippen LogP contribution >= 0.6 is 0 Å². The normalized spacial score (nSPS) is 47.0. The highest BCUT2D eigenvalue weighted by Gasteiger charge is 2.53. The quantitative estimate of drug-likeness (QED) is 0.336. The third kappa shape index (κ3) is 3.58. The first kappa shape index (κ1) is 20.5. The van der Waals surface area contributed by atoms with Gasteiger partial charge in [0.1, 0.15) is 24.4 Å². The van der Waals surface area contributed by atoms with E-state index in [0.29, 0.717) is 12.0 Å². The number of esters is 1.